The number of aryl methyl sites for hydroxylation is 1. The number of benzene rings is 1. The Bertz CT molecular complexity index is 755. The highest BCUT2D eigenvalue weighted by Gasteiger charge is 2.12. The van der Waals surface area contributed by atoms with E-state index >= 15 is 0 Å². The van der Waals surface area contributed by atoms with Crippen molar-refractivity contribution in [3.05, 3.63) is 47.3 Å². The van der Waals surface area contributed by atoms with Gasteiger partial charge in [0.2, 0.25) is 5.95 Å². The van der Waals surface area contributed by atoms with E-state index in [4.69, 9.17) is 10.00 Å². The van der Waals surface area contributed by atoms with Crippen molar-refractivity contribution in [1.82, 2.24) is 9.97 Å². The van der Waals surface area contributed by atoms with Crippen LogP contribution in [0, 0.1) is 18.3 Å². The van der Waals surface area contributed by atoms with Crippen LogP contribution in [0.25, 0.3) is 0 Å². The molecule has 124 valence electrons. The molecular formula is C17H19N5O2. The first kappa shape index (κ1) is 17.4. The van der Waals surface area contributed by atoms with Crippen LogP contribution in [0.1, 0.15) is 28.2 Å². The summed E-state index contributed by atoms with van der Waals surface area (Å²) in [6, 6.07) is 10.5. The molecule has 0 aliphatic carbocycles. The second-order valence-electron chi connectivity index (χ2n) is 5.10. The third-order valence-electron chi connectivity index (χ3n) is 3.19. The number of hydrogen-bond donors (Lipinski definition) is 2. The summed E-state index contributed by atoms with van der Waals surface area (Å²) in [5.41, 5.74) is 1.77. The second kappa shape index (κ2) is 8.60. The highest BCUT2D eigenvalue weighted by molar-refractivity contribution is 6.03. The number of nitrogens with zero attached hydrogens (tertiary/aromatic N) is 3. The molecule has 2 aromatic rings. The van der Waals surface area contributed by atoms with Crippen LogP contribution in [0.5, 0.6) is 0 Å². The molecule has 0 saturated carbocycles. The molecular weight excluding hydrogens is 306 g/mol. The maximum atomic E-state index is 12.4. The van der Waals surface area contributed by atoms with Gasteiger partial charge in [-0.1, -0.05) is 12.1 Å². The Balaban J connectivity index is 2.11. The largest absolute Gasteiger partial charge is 0.385 e. The Hall–Kier alpha value is -2.98. The topological polar surface area (TPSA) is 99.9 Å². The second-order valence-corrected chi connectivity index (χ2v) is 5.10. The van der Waals surface area contributed by atoms with Crippen molar-refractivity contribution in [1.29, 1.82) is 5.26 Å². The zero-order chi connectivity index (χ0) is 17.4. The monoisotopic (exact) mass is 325 g/mol. The number of aromatic nitrogens is 2. The number of hydrogen-bond acceptors (Lipinski definition) is 6. The number of nitrogens with one attached hydrogen (secondary N) is 2. The molecule has 1 aromatic carbocycles. The average molecular weight is 325 g/mol. The molecule has 0 spiro atoms. The zero-order valence-electron chi connectivity index (χ0n) is 13.7. The molecule has 0 fully saturated rings. The summed E-state index contributed by atoms with van der Waals surface area (Å²) >= 11 is 0. The van der Waals surface area contributed by atoms with Crippen LogP contribution in [0.3, 0.4) is 0 Å². The molecule has 0 unspecified atom stereocenters. The molecule has 2 N–H and O–H groups in total. The molecule has 0 aliphatic heterocycles. The normalized spacial score (nSPS) is 10.0. The van der Waals surface area contributed by atoms with E-state index in [1.54, 1.807) is 44.4 Å². The fraction of sp³-hybridized carbons (Fsp3) is 0.294. The maximum Gasteiger partial charge on any atom is 0.274 e. The van der Waals surface area contributed by atoms with Crippen LogP contribution in [-0.2, 0) is 4.74 Å². The lowest BCUT2D eigenvalue weighted by Crippen LogP contribution is -2.17. The lowest BCUT2D eigenvalue weighted by Gasteiger charge is -2.09. The summed E-state index contributed by atoms with van der Waals surface area (Å²) in [5.74, 6) is 0.00737. The van der Waals surface area contributed by atoms with Gasteiger partial charge in [0.05, 0.1) is 11.3 Å². The van der Waals surface area contributed by atoms with Gasteiger partial charge in [0.25, 0.3) is 5.91 Å². The Morgan fingerprint density at radius 2 is 2.12 bits per heavy atom. The minimum Gasteiger partial charge on any atom is -0.385 e. The van der Waals surface area contributed by atoms with Crippen molar-refractivity contribution in [2.45, 2.75) is 13.3 Å². The van der Waals surface area contributed by atoms with Gasteiger partial charge in [-0.05, 0) is 31.5 Å². The molecule has 1 aromatic heterocycles. The molecule has 7 heteroatoms. The summed E-state index contributed by atoms with van der Waals surface area (Å²) in [6.07, 6.45) is 0.810. The molecule has 7 nitrogen and oxygen atoms in total. The quantitative estimate of drug-likeness (QED) is 0.758. The fourth-order valence-corrected chi connectivity index (χ4v) is 2.06. The maximum absolute atomic E-state index is 12.4. The van der Waals surface area contributed by atoms with E-state index in [1.165, 1.54) is 0 Å². The van der Waals surface area contributed by atoms with Crippen molar-refractivity contribution < 1.29 is 9.53 Å². The molecule has 0 saturated heterocycles. The van der Waals surface area contributed by atoms with Crippen LogP contribution in [0.2, 0.25) is 0 Å². The van der Waals surface area contributed by atoms with E-state index in [-0.39, 0.29) is 11.6 Å². The molecule has 0 radical (unpaired) electrons. The van der Waals surface area contributed by atoms with Crippen molar-refractivity contribution in [3.8, 4) is 6.07 Å². The molecule has 1 amide bonds. The van der Waals surface area contributed by atoms with Crippen LogP contribution >= 0.6 is 0 Å². The first-order valence-corrected chi connectivity index (χ1v) is 7.53. The number of methoxy groups -OCH3 is 1. The van der Waals surface area contributed by atoms with Gasteiger partial charge in [0, 0.05) is 26.0 Å². The third-order valence-corrected chi connectivity index (χ3v) is 3.19. The summed E-state index contributed by atoms with van der Waals surface area (Å²) in [7, 11) is 1.64. The van der Waals surface area contributed by atoms with E-state index in [2.05, 4.69) is 20.6 Å². The Kier molecular flexibility index (Phi) is 6.23. The number of carbonyl (C=O) groups excluding carboxylic acids is 1. The number of rotatable bonds is 7. The number of para-hydroxylation sites is 1. The molecule has 0 aliphatic rings. The standard InChI is InChI=1S/C17H19N5O2/c1-12-10-15(22-17(20-12)19-8-5-9-24-2)16(23)21-14-7-4-3-6-13(14)11-18/h3-4,6-7,10H,5,8-9H2,1-2H3,(H,21,23)(H,19,20,22). The van der Waals surface area contributed by atoms with Gasteiger partial charge in [-0.3, -0.25) is 4.79 Å². The van der Waals surface area contributed by atoms with E-state index in [9.17, 15) is 4.79 Å². The van der Waals surface area contributed by atoms with Gasteiger partial charge in [-0.2, -0.15) is 5.26 Å². The van der Waals surface area contributed by atoms with E-state index in [0.29, 0.717) is 36.0 Å². The summed E-state index contributed by atoms with van der Waals surface area (Å²) in [4.78, 5) is 20.9. The minimum atomic E-state index is -0.386. The van der Waals surface area contributed by atoms with E-state index in [0.717, 1.165) is 6.42 Å². The van der Waals surface area contributed by atoms with Gasteiger partial charge in [-0.25, -0.2) is 9.97 Å². The van der Waals surface area contributed by atoms with Gasteiger partial charge in [-0.15, -0.1) is 0 Å². The smallest absolute Gasteiger partial charge is 0.274 e. The van der Waals surface area contributed by atoms with E-state index < -0.39 is 0 Å². The van der Waals surface area contributed by atoms with Crippen LogP contribution < -0.4 is 10.6 Å². The van der Waals surface area contributed by atoms with Crippen molar-refractivity contribution in [3.63, 3.8) is 0 Å². The fourth-order valence-electron chi connectivity index (χ4n) is 2.06. The molecule has 24 heavy (non-hydrogen) atoms. The van der Waals surface area contributed by atoms with Crippen LogP contribution in [0.4, 0.5) is 11.6 Å². The van der Waals surface area contributed by atoms with Crippen LogP contribution in [-0.4, -0.2) is 36.1 Å². The zero-order valence-corrected chi connectivity index (χ0v) is 13.7. The molecule has 0 bridgehead atoms. The third kappa shape index (κ3) is 4.76. The van der Waals surface area contributed by atoms with E-state index in [1.807, 2.05) is 6.07 Å². The highest BCUT2D eigenvalue weighted by atomic mass is 16.5. The number of anilines is 2. The number of ether oxygens (including phenoxy) is 1. The molecule has 2 rings (SSSR count). The van der Waals surface area contributed by atoms with Crippen molar-refractivity contribution in [2.24, 2.45) is 0 Å². The lowest BCUT2D eigenvalue weighted by molar-refractivity contribution is 0.102. The number of carbonyl (C=O) groups is 1. The summed E-state index contributed by atoms with van der Waals surface area (Å²) in [6.45, 7) is 3.08. The molecule has 1 heterocycles. The van der Waals surface area contributed by atoms with Crippen LogP contribution in [0.15, 0.2) is 30.3 Å². The average Bonchev–Trinajstić information content (AvgIpc) is 2.58. The highest BCUT2D eigenvalue weighted by Crippen LogP contribution is 2.15. The lowest BCUT2D eigenvalue weighted by atomic mass is 10.2. The Morgan fingerprint density at radius 1 is 1.33 bits per heavy atom. The Morgan fingerprint density at radius 3 is 2.88 bits per heavy atom. The molecule has 0 atom stereocenters. The van der Waals surface area contributed by atoms with Crippen molar-refractivity contribution >= 4 is 17.5 Å². The van der Waals surface area contributed by atoms with Gasteiger partial charge < -0.3 is 15.4 Å². The van der Waals surface area contributed by atoms with Gasteiger partial charge >= 0.3 is 0 Å². The Labute approximate surface area is 140 Å². The predicted octanol–water partition coefficient (Wildman–Crippen LogP) is 2.36. The van der Waals surface area contributed by atoms with Crippen molar-refractivity contribution in [2.75, 3.05) is 30.9 Å². The first-order valence-electron chi connectivity index (χ1n) is 7.53. The van der Waals surface area contributed by atoms with Gasteiger partial charge in [0.1, 0.15) is 11.8 Å². The number of amides is 1. The SMILES string of the molecule is COCCCNc1nc(C)cc(C(=O)Nc2ccccc2C#N)n1. The summed E-state index contributed by atoms with van der Waals surface area (Å²) < 4.78 is 4.98. The predicted molar refractivity (Wildman–Crippen MR) is 90.9 cm³/mol. The minimum absolute atomic E-state index is 0.240. The van der Waals surface area contributed by atoms with Gasteiger partial charge in [0.15, 0.2) is 0 Å². The first-order chi connectivity index (χ1) is 11.6. The number of nitriles is 1. The summed E-state index contributed by atoms with van der Waals surface area (Å²) in [5, 5.41) is 14.9.